The largest absolute Gasteiger partial charge is 0.343 e. The van der Waals surface area contributed by atoms with Gasteiger partial charge in [-0.25, -0.2) is 9.89 Å². The van der Waals surface area contributed by atoms with E-state index in [1.54, 1.807) is 28.6 Å². The Kier molecular flexibility index (Phi) is 7.40. The molecule has 2 aromatic rings. The molecule has 0 aliphatic heterocycles. The molecule has 25 heavy (non-hydrogen) atoms. The smallest absolute Gasteiger partial charge is 0.341 e. The van der Waals surface area contributed by atoms with Crippen LogP contribution in [0.4, 0.5) is 0 Å². The van der Waals surface area contributed by atoms with E-state index in [-0.39, 0.29) is 17.3 Å². The van der Waals surface area contributed by atoms with Gasteiger partial charge in [0.1, 0.15) is 0 Å². The highest BCUT2D eigenvalue weighted by Gasteiger charge is 2.14. The molecule has 0 fully saturated rings. The Hall–Kier alpha value is -1.44. The number of aromatic amines is 1. The molecule has 0 atom stereocenters. The fraction of sp³-hybridized carbons (Fsp3) is 0.438. The first-order valence-corrected chi connectivity index (χ1v) is 9.62. The molecule has 136 valence electrons. The summed E-state index contributed by atoms with van der Waals surface area (Å²) < 4.78 is 1.57. The Bertz CT molecular complexity index is 791. The van der Waals surface area contributed by atoms with Crippen LogP contribution in [0, 0.1) is 0 Å². The van der Waals surface area contributed by atoms with Crippen molar-refractivity contribution in [1.29, 1.82) is 0 Å². The van der Waals surface area contributed by atoms with Gasteiger partial charge in [-0.05, 0) is 24.1 Å². The normalized spacial score (nSPS) is 10.9. The minimum absolute atomic E-state index is 0.0615. The third-order valence-electron chi connectivity index (χ3n) is 3.61. The lowest BCUT2D eigenvalue weighted by molar-refractivity contribution is -0.127. The van der Waals surface area contributed by atoms with Crippen molar-refractivity contribution in [3.63, 3.8) is 0 Å². The van der Waals surface area contributed by atoms with E-state index in [1.807, 2.05) is 6.07 Å². The van der Waals surface area contributed by atoms with Crippen LogP contribution in [0.3, 0.4) is 0 Å². The van der Waals surface area contributed by atoms with E-state index in [1.165, 1.54) is 11.8 Å². The van der Waals surface area contributed by atoms with Gasteiger partial charge in [-0.15, -0.1) is 5.10 Å². The second-order valence-corrected chi connectivity index (χ2v) is 7.36. The SMILES string of the molecule is CCCCn1c(SCC(=O)N(C)Cc2ccc(Cl)c(Cl)c2)n[nH]c1=O. The number of halogens is 2. The van der Waals surface area contributed by atoms with Crippen molar-refractivity contribution in [2.75, 3.05) is 12.8 Å². The molecule has 0 spiro atoms. The van der Waals surface area contributed by atoms with E-state index in [0.717, 1.165) is 18.4 Å². The number of hydrogen-bond acceptors (Lipinski definition) is 4. The molecule has 1 aromatic heterocycles. The van der Waals surface area contributed by atoms with Crippen LogP contribution in [0.5, 0.6) is 0 Å². The summed E-state index contributed by atoms with van der Waals surface area (Å²) in [5.74, 6) is 0.141. The molecule has 0 aliphatic rings. The monoisotopic (exact) mass is 402 g/mol. The molecule has 0 saturated carbocycles. The molecule has 6 nitrogen and oxygen atoms in total. The van der Waals surface area contributed by atoms with E-state index >= 15 is 0 Å². The second-order valence-electron chi connectivity index (χ2n) is 5.60. The molecule has 9 heteroatoms. The summed E-state index contributed by atoms with van der Waals surface area (Å²) in [6.07, 6.45) is 1.87. The molecule has 1 N–H and O–H groups in total. The number of nitrogens with one attached hydrogen (secondary N) is 1. The molecule has 0 bridgehead atoms. The van der Waals surface area contributed by atoms with Crippen LogP contribution in [0.2, 0.25) is 10.0 Å². The zero-order valence-corrected chi connectivity index (χ0v) is 16.4. The van der Waals surface area contributed by atoms with Crippen molar-refractivity contribution < 1.29 is 4.79 Å². The third-order valence-corrected chi connectivity index (χ3v) is 5.31. The first-order valence-electron chi connectivity index (χ1n) is 7.88. The number of amides is 1. The van der Waals surface area contributed by atoms with Gasteiger partial charge in [0.2, 0.25) is 5.91 Å². The first kappa shape index (κ1) is 19.9. The molecule has 1 heterocycles. The van der Waals surface area contributed by atoms with Gasteiger partial charge in [0.15, 0.2) is 5.16 Å². The minimum Gasteiger partial charge on any atom is -0.341 e. The molecular weight excluding hydrogens is 383 g/mol. The first-order chi connectivity index (χ1) is 11.9. The fourth-order valence-electron chi connectivity index (χ4n) is 2.16. The topological polar surface area (TPSA) is 71.0 Å². The lowest BCUT2D eigenvalue weighted by Crippen LogP contribution is -2.28. The van der Waals surface area contributed by atoms with Crippen molar-refractivity contribution in [2.24, 2.45) is 0 Å². The standard InChI is InChI=1S/C16H20Cl2N4O2S/c1-3-4-7-22-15(24)19-20-16(22)25-10-14(23)21(2)9-11-5-6-12(17)13(18)8-11/h5-6,8H,3-4,7,9-10H2,1-2H3,(H,19,24). The Morgan fingerprint density at radius 1 is 1.36 bits per heavy atom. The maximum absolute atomic E-state index is 12.3. The number of carbonyl (C=O) groups excluding carboxylic acids is 1. The van der Waals surface area contributed by atoms with E-state index in [9.17, 15) is 9.59 Å². The van der Waals surface area contributed by atoms with Gasteiger partial charge in [-0.2, -0.15) is 0 Å². The molecule has 0 aliphatic carbocycles. The number of hydrogen-bond donors (Lipinski definition) is 1. The van der Waals surface area contributed by atoms with Gasteiger partial charge in [-0.1, -0.05) is 54.4 Å². The van der Waals surface area contributed by atoms with Crippen molar-refractivity contribution >= 4 is 40.9 Å². The van der Waals surface area contributed by atoms with Crippen LogP contribution < -0.4 is 5.69 Å². The van der Waals surface area contributed by atoms with Gasteiger partial charge in [0.25, 0.3) is 0 Å². The quantitative estimate of drug-likeness (QED) is 0.686. The van der Waals surface area contributed by atoms with Gasteiger partial charge in [-0.3, -0.25) is 9.36 Å². The summed E-state index contributed by atoms with van der Waals surface area (Å²) >= 11 is 13.1. The molecule has 0 unspecified atom stereocenters. The van der Waals surface area contributed by atoms with E-state index in [2.05, 4.69) is 17.1 Å². The predicted molar refractivity (Wildman–Crippen MR) is 101 cm³/mol. The molecular formula is C16H20Cl2N4O2S. The summed E-state index contributed by atoms with van der Waals surface area (Å²) in [5.41, 5.74) is 0.655. The number of benzene rings is 1. The number of H-pyrrole nitrogens is 1. The van der Waals surface area contributed by atoms with Gasteiger partial charge in [0.05, 0.1) is 15.8 Å². The second kappa shape index (κ2) is 9.31. The average molecular weight is 403 g/mol. The zero-order chi connectivity index (χ0) is 18.4. The molecule has 1 amide bonds. The van der Waals surface area contributed by atoms with Gasteiger partial charge < -0.3 is 4.90 Å². The highest BCUT2D eigenvalue weighted by molar-refractivity contribution is 7.99. The fourth-order valence-corrected chi connectivity index (χ4v) is 3.40. The highest BCUT2D eigenvalue weighted by atomic mass is 35.5. The van der Waals surface area contributed by atoms with E-state index < -0.39 is 0 Å². The molecule has 0 saturated heterocycles. The van der Waals surface area contributed by atoms with E-state index in [0.29, 0.717) is 28.3 Å². The Labute approximate surface area is 160 Å². The third kappa shape index (κ3) is 5.52. The number of nitrogens with zero attached hydrogens (tertiary/aromatic N) is 3. The van der Waals surface area contributed by atoms with Gasteiger partial charge >= 0.3 is 5.69 Å². The maximum atomic E-state index is 12.3. The van der Waals surface area contributed by atoms with Crippen LogP contribution in [-0.4, -0.2) is 38.4 Å². The summed E-state index contributed by atoms with van der Waals surface area (Å²) in [5, 5.41) is 7.91. The summed E-state index contributed by atoms with van der Waals surface area (Å²) in [4.78, 5) is 25.7. The molecule has 1 aromatic carbocycles. The van der Waals surface area contributed by atoms with Crippen molar-refractivity contribution in [3.05, 3.63) is 44.3 Å². The number of aromatic nitrogens is 3. The van der Waals surface area contributed by atoms with Crippen LogP contribution in [0.15, 0.2) is 28.2 Å². The number of unbranched alkanes of at least 4 members (excludes halogenated alkanes) is 1. The Morgan fingerprint density at radius 3 is 2.80 bits per heavy atom. The van der Waals surface area contributed by atoms with Crippen LogP contribution in [0.1, 0.15) is 25.3 Å². The maximum Gasteiger partial charge on any atom is 0.343 e. The van der Waals surface area contributed by atoms with Crippen molar-refractivity contribution in [1.82, 2.24) is 19.7 Å². The molecule has 2 rings (SSSR count). The minimum atomic E-state index is -0.243. The van der Waals surface area contributed by atoms with Crippen LogP contribution in [-0.2, 0) is 17.9 Å². The lowest BCUT2D eigenvalue weighted by atomic mass is 10.2. The Balaban J connectivity index is 1.93. The van der Waals surface area contributed by atoms with Crippen LogP contribution >= 0.6 is 35.0 Å². The number of rotatable bonds is 8. The Morgan fingerprint density at radius 2 is 2.12 bits per heavy atom. The van der Waals surface area contributed by atoms with E-state index in [4.69, 9.17) is 23.2 Å². The van der Waals surface area contributed by atoms with Gasteiger partial charge in [0, 0.05) is 20.1 Å². The average Bonchev–Trinajstić information content (AvgIpc) is 2.94. The predicted octanol–water partition coefficient (Wildman–Crippen LogP) is 3.43. The zero-order valence-electron chi connectivity index (χ0n) is 14.1. The van der Waals surface area contributed by atoms with Crippen molar-refractivity contribution in [2.45, 2.75) is 38.0 Å². The van der Waals surface area contributed by atoms with Crippen molar-refractivity contribution in [3.8, 4) is 0 Å². The highest BCUT2D eigenvalue weighted by Crippen LogP contribution is 2.23. The lowest BCUT2D eigenvalue weighted by Gasteiger charge is -2.17. The summed E-state index contributed by atoms with van der Waals surface area (Å²) in [7, 11) is 1.72. The number of carbonyl (C=O) groups is 1. The molecule has 0 radical (unpaired) electrons. The van der Waals surface area contributed by atoms with Crippen LogP contribution in [0.25, 0.3) is 0 Å². The number of thioether (sulfide) groups is 1. The summed E-state index contributed by atoms with van der Waals surface area (Å²) in [6.45, 7) is 3.08. The summed E-state index contributed by atoms with van der Waals surface area (Å²) in [6, 6.07) is 5.29.